The van der Waals surface area contributed by atoms with Gasteiger partial charge in [-0.1, -0.05) is 78.3 Å². The van der Waals surface area contributed by atoms with Crippen LogP contribution in [-0.4, -0.2) is 0 Å². The van der Waals surface area contributed by atoms with Crippen LogP contribution in [0.1, 0.15) is 30.5 Å². The average Bonchev–Trinajstić information content (AvgIpc) is 3.17. The molecule has 0 saturated heterocycles. The van der Waals surface area contributed by atoms with Crippen LogP contribution in [0, 0.1) is 5.41 Å². The van der Waals surface area contributed by atoms with E-state index in [9.17, 15) is 0 Å². The lowest BCUT2D eigenvalue weighted by Gasteiger charge is -2.33. The Bertz CT molecular complexity index is 1300. The first-order chi connectivity index (χ1) is 12.6. The van der Waals surface area contributed by atoms with Crippen molar-refractivity contribution < 1.29 is 0 Å². The van der Waals surface area contributed by atoms with Crippen molar-refractivity contribution in [2.75, 3.05) is 0 Å². The van der Waals surface area contributed by atoms with E-state index in [1.807, 2.05) is 0 Å². The number of hydrogen-bond acceptors (Lipinski definition) is 0. The molecule has 1 heteroatoms. The second-order valence-electron chi connectivity index (χ2n) is 7.94. The summed E-state index contributed by atoms with van der Waals surface area (Å²) in [6.07, 6.45) is 2.41. The molecular weight excluding hydrogens is 380 g/mol. The molecule has 0 N–H and O–H groups in total. The number of fused-ring (bicyclic) bond motifs is 6. The third-order valence-electron chi connectivity index (χ3n) is 6.22. The van der Waals surface area contributed by atoms with Gasteiger partial charge in [0.25, 0.3) is 0 Å². The molecule has 3 aliphatic rings. The van der Waals surface area contributed by atoms with Crippen molar-refractivity contribution in [3.63, 3.8) is 0 Å². The lowest BCUT2D eigenvalue weighted by molar-refractivity contribution is 0.621. The molecular formula is C25H17Br. The summed E-state index contributed by atoms with van der Waals surface area (Å²) in [5, 5.41) is 2.83. The largest absolute Gasteiger partial charge is 0.0616 e. The highest BCUT2D eigenvalue weighted by Gasteiger charge is 2.41. The second-order valence-corrected chi connectivity index (χ2v) is 8.85. The molecule has 0 unspecified atom stereocenters. The molecule has 124 valence electrons. The molecule has 0 aliphatic heterocycles. The minimum Gasteiger partial charge on any atom is -0.0616 e. The topological polar surface area (TPSA) is 0 Å². The lowest BCUT2D eigenvalue weighted by Crippen LogP contribution is -2.39. The normalized spacial score (nSPS) is 17.4. The third-order valence-corrected chi connectivity index (χ3v) is 6.72. The predicted octanol–water partition coefficient (Wildman–Crippen LogP) is 5.26. The Morgan fingerprint density at radius 2 is 1.58 bits per heavy atom. The van der Waals surface area contributed by atoms with Crippen molar-refractivity contribution in [3.8, 4) is 11.1 Å². The Morgan fingerprint density at radius 3 is 2.46 bits per heavy atom. The molecule has 0 radical (unpaired) electrons. The van der Waals surface area contributed by atoms with Crippen molar-refractivity contribution >= 4 is 33.2 Å². The van der Waals surface area contributed by atoms with Crippen LogP contribution >= 0.6 is 15.9 Å². The Labute approximate surface area is 161 Å². The van der Waals surface area contributed by atoms with E-state index >= 15 is 0 Å². The van der Waals surface area contributed by atoms with E-state index in [-0.39, 0.29) is 5.41 Å². The summed E-state index contributed by atoms with van der Waals surface area (Å²) in [7, 11) is 0. The van der Waals surface area contributed by atoms with Gasteiger partial charge in [-0.25, -0.2) is 0 Å². The van der Waals surface area contributed by atoms with E-state index in [1.165, 1.54) is 55.0 Å². The maximum atomic E-state index is 3.69. The number of benzene rings is 3. The highest BCUT2D eigenvalue weighted by atomic mass is 79.9. The fourth-order valence-corrected chi connectivity index (χ4v) is 5.50. The Kier molecular flexibility index (Phi) is 2.65. The molecule has 0 amide bonds. The van der Waals surface area contributed by atoms with Gasteiger partial charge in [-0.05, 0) is 73.2 Å². The Balaban J connectivity index is 1.89. The van der Waals surface area contributed by atoms with Crippen LogP contribution in [0.5, 0.6) is 0 Å². The van der Waals surface area contributed by atoms with Gasteiger partial charge in [0.15, 0.2) is 0 Å². The first-order valence-corrected chi connectivity index (χ1v) is 9.87. The monoisotopic (exact) mass is 396 g/mol. The van der Waals surface area contributed by atoms with E-state index in [4.69, 9.17) is 0 Å². The molecule has 0 fully saturated rings. The first-order valence-electron chi connectivity index (χ1n) is 9.08. The maximum absolute atomic E-state index is 3.69. The minimum absolute atomic E-state index is 0.0243. The van der Waals surface area contributed by atoms with Gasteiger partial charge < -0.3 is 0 Å². The predicted molar refractivity (Wildman–Crippen MR) is 112 cm³/mol. The maximum Gasteiger partial charge on any atom is 0.0181 e. The molecule has 3 aliphatic carbocycles. The summed E-state index contributed by atoms with van der Waals surface area (Å²) < 4.78 is 1.15. The van der Waals surface area contributed by atoms with E-state index in [2.05, 4.69) is 96.5 Å². The molecule has 3 aromatic carbocycles. The van der Waals surface area contributed by atoms with Crippen LogP contribution in [0.4, 0.5) is 0 Å². The van der Waals surface area contributed by atoms with Crippen molar-refractivity contribution in [2.24, 2.45) is 5.41 Å². The highest BCUT2D eigenvalue weighted by molar-refractivity contribution is 9.10. The minimum atomic E-state index is -0.0243. The molecule has 0 atom stereocenters. The summed E-state index contributed by atoms with van der Waals surface area (Å²) >= 11 is 3.69. The van der Waals surface area contributed by atoms with Crippen molar-refractivity contribution in [3.05, 3.63) is 97.8 Å². The molecule has 0 heterocycles. The van der Waals surface area contributed by atoms with Crippen LogP contribution in [0.3, 0.4) is 0 Å². The van der Waals surface area contributed by atoms with Gasteiger partial charge in [0.1, 0.15) is 0 Å². The van der Waals surface area contributed by atoms with Crippen LogP contribution in [-0.2, 0) is 0 Å². The standard InChI is InChI=1S/C25H17Br/c1-25(2)21-12-14-6-3-4-7-16(14)22(21)19-9-5-8-18-17-11-10-15(26)13-20(17)24(25)23(18)19/h3-13H,1-2H3. The van der Waals surface area contributed by atoms with Gasteiger partial charge in [-0.3, -0.25) is 0 Å². The van der Waals surface area contributed by atoms with Crippen LogP contribution in [0.2, 0.25) is 0 Å². The molecule has 26 heavy (non-hydrogen) atoms. The lowest BCUT2D eigenvalue weighted by atomic mass is 9.69. The second kappa shape index (κ2) is 4.66. The van der Waals surface area contributed by atoms with E-state index < -0.39 is 0 Å². The number of halogens is 1. The van der Waals surface area contributed by atoms with Gasteiger partial charge in [0.2, 0.25) is 0 Å². The summed E-state index contributed by atoms with van der Waals surface area (Å²) in [6, 6.07) is 22.3. The molecule has 3 aromatic rings. The average molecular weight is 397 g/mol. The van der Waals surface area contributed by atoms with Gasteiger partial charge in [-0.15, -0.1) is 0 Å². The molecule has 0 bridgehead atoms. The fourth-order valence-electron chi connectivity index (χ4n) is 5.14. The summed E-state index contributed by atoms with van der Waals surface area (Å²) in [4.78, 5) is 0. The fraction of sp³-hybridized carbons (Fsp3) is 0.120. The highest BCUT2D eigenvalue weighted by Crippen LogP contribution is 2.53. The molecule has 0 aromatic heterocycles. The zero-order chi connectivity index (χ0) is 17.6. The quantitative estimate of drug-likeness (QED) is 0.485. The van der Waals surface area contributed by atoms with Crippen LogP contribution in [0.25, 0.3) is 28.3 Å². The molecule has 0 nitrogen and oxygen atoms in total. The SMILES string of the molecule is CC1(C)C2=Cc3ccccc3C2=c2cccc3c2=C1c1cc(Br)ccc1-3. The van der Waals surface area contributed by atoms with Crippen LogP contribution < -0.4 is 10.4 Å². The Morgan fingerprint density at radius 1 is 0.769 bits per heavy atom. The van der Waals surface area contributed by atoms with E-state index in [1.54, 1.807) is 0 Å². The van der Waals surface area contributed by atoms with Crippen molar-refractivity contribution in [1.29, 1.82) is 0 Å². The Hall–Kier alpha value is -2.38. The third kappa shape index (κ3) is 1.61. The van der Waals surface area contributed by atoms with Crippen molar-refractivity contribution in [2.45, 2.75) is 13.8 Å². The molecule has 0 spiro atoms. The zero-order valence-electron chi connectivity index (χ0n) is 14.7. The van der Waals surface area contributed by atoms with Gasteiger partial charge in [0, 0.05) is 9.89 Å². The van der Waals surface area contributed by atoms with Gasteiger partial charge >= 0.3 is 0 Å². The number of allylic oxidation sites excluding steroid dienone is 1. The zero-order valence-corrected chi connectivity index (χ0v) is 16.3. The summed E-state index contributed by atoms with van der Waals surface area (Å²) in [5.74, 6) is 0. The number of hydrogen-bond donors (Lipinski definition) is 0. The van der Waals surface area contributed by atoms with E-state index in [0.717, 1.165) is 4.47 Å². The number of rotatable bonds is 0. The molecule has 0 saturated carbocycles. The van der Waals surface area contributed by atoms with E-state index in [0.29, 0.717) is 0 Å². The first kappa shape index (κ1) is 14.8. The summed E-state index contributed by atoms with van der Waals surface area (Å²) in [6.45, 7) is 4.77. The smallest absolute Gasteiger partial charge is 0.0181 e. The van der Waals surface area contributed by atoms with Crippen LogP contribution in [0.15, 0.2) is 70.7 Å². The van der Waals surface area contributed by atoms with Gasteiger partial charge in [0.05, 0.1) is 0 Å². The van der Waals surface area contributed by atoms with Gasteiger partial charge in [-0.2, -0.15) is 0 Å². The summed E-state index contributed by atoms with van der Waals surface area (Å²) in [5.41, 5.74) is 11.2. The van der Waals surface area contributed by atoms with Crippen molar-refractivity contribution in [1.82, 2.24) is 0 Å². The molecule has 6 rings (SSSR count).